The van der Waals surface area contributed by atoms with Gasteiger partial charge in [-0.2, -0.15) is 0 Å². The number of nitrogens with zero attached hydrogens (tertiary/aromatic N) is 4. The molecule has 6 rings (SSSR count). The van der Waals surface area contributed by atoms with Gasteiger partial charge in [-0.25, -0.2) is 0 Å². The second kappa shape index (κ2) is 7.00. The molecule has 8 heteroatoms. The first-order valence-electron chi connectivity index (χ1n) is 11.0. The van der Waals surface area contributed by atoms with Gasteiger partial charge in [-0.3, -0.25) is 14.0 Å². The lowest BCUT2D eigenvalue weighted by Crippen LogP contribution is -2.26. The Balaban J connectivity index is 1.47. The largest absolute Gasteiger partial charge is 0.392 e. The molecule has 2 aromatic heterocycles. The standard InChI is InChI=1S/C24H23N5O3/c1-13-9-19-18(10-17(13)24(32)28-11-14-5-2-3-6-15(14)12-28)25-23(31)22-27-26-21(29(19)22)16-7-4-8-20(16)30/h2-3,5-6,9-10,16,20,30H,4,7-8,11-12H2,1H3,(H,25,31)/t16-,20+/m0/s1. The monoisotopic (exact) mass is 429 g/mol. The Morgan fingerprint density at radius 3 is 2.56 bits per heavy atom. The van der Waals surface area contributed by atoms with Crippen molar-refractivity contribution in [1.29, 1.82) is 0 Å². The number of hydrogen-bond acceptors (Lipinski definition) is 5. The molecule has 1 fully saturated rings. The van der Waals surface area contributed by atoms with E-state index in [-0.39, 0.29) is 23.0 Å². The van der Waals surface area contributed by atoms with E-state index in [9.17, 15) is 14.7 Å². The second-order valence-electron chi connectivity index (χ2n) is 8.89. The smallest absolute Gasteiger partial charge is 0.294 e. The number of aromatic amines is 1. The summed E-state index contributed by atoms with van der Waals surface area (Å²) < 4.78 is 1.75. The fraction of sp³-hybridized carbons (Fsp3) is 0.333. The van der Waals surface area contributed by atoms with Crippen molar-refractivity contribution in [1.82, 2.24) is 24.5 Å². The molecular weight excluding hydrogens is 406 g/mol. The van der Waals surface area contributed by atoms with Crippen molar-refractivity contribution in [2.24, 2.45) is 0 Å². The van der Waals surface area contributed by atoms with Gasteiger partial charge >= 0.3 is 0 Å². The average molecular weight is 429 g/mol. The van der Waals surface area contributed by atoms with Crippen molar-refractivity contribution in [2.45, 2.75) is 51.3 Å². The minimum absolute atomic E-state index is 0.0586. The number of carbonyl (C=O) groups is 1. The van der Waals surface area contributed by atoms with Crippen LogP contribution in [-0.4, -0.2) is 41.6 Å². The highest BCUT2D eigenvalue weighted by Gasteiger charge is 2.32. The molecular formula is C24H23N5O3. The Hall–Kier alpha value is -3.52. The van der Waals surface area contributed by atoms with Crippen LogP contribution in [0.1, 0.15) is 58.1 Å². The van der Waals surface area contributed by atoms with Crippen LogP contribution in [0, 0.1) is 6.92 Å². The Bertz CT molecular complexity index is 1430. The molecule has 3 heterocycles. The van der Waals surface area contributed by atoms with Crippen molar-refractivity contribution in [3.05, 3.63) is 74.8 Å². The van der Waals surface area contributed by atoms with Gasteiger partial charge in [0, 0.05) is 24.6 Å². The second-order valence-corrected chi connectivity index (χ2v) is 8.89. The number of hydrogen-bond donors (Lipinski definition) is 2. The fourth-order valence-electron chi connectivity index (χ4n) is 5.20. The van der Waals surface area contributed by atoms with Crippen LogP contribution in [-0.2, 0) is 13.1 Å². The summed E-state index contributed by atoms with van der Waals surface area (Å²) in [4.78, 5) is 30.8. The van der Waals surface area contributed by atoms with E-state index in [0.29, 0.717) is 30.0 Å². The molecule has 2 atom stereocenters. The minimum atomic E-state index is -0.490. The summed E-state index contributed by atoms with van der Waals surface area (Å²) in [5.74, 6) is 0.394. The van der Waals surface area contributed by atoms with Crippen LogP contribution >= 0.6 is 0 Å². The number of fused-ring (bicyclic) bond motifs is 4. The maximum atomic E-state index is 13.4. The van der Waals surface area contributed by atoms with Crippen LogP contribution in [0.2, 0.25) is 0 Å². The summed E-state index contributed by atoms with van der Waals surface area (Å²) in [6.45, 7) is 3.07. The summed E-state index contributed by atoms with van der Waals surface area (Å²) in [5.41, 5.74) is 4.85. The quantitative estimate of drug-likeness (QED) is 0.510. The van der Waals surface area contributed by atoms with Gasteiger partial charge in [-0.05, 0) is 48.6 Å². The van der Waals surface area contributed by atoms with Gasteiger partial charge < -0.3 is 15.0 Å². The van der Waals surface area contributed by atoms with Gasteiger partial charge in [-0.15, -0.1) is 10.2 Å². The third-order valence-electron chi connectivity index (χ3n) is 6.89. The summed E-state index contributed by atoms with van der Waals surface area (Å²) in [6.07, 6.45) is 1.95. The van der Waals surface area contributed by atoms with Crippen LogP contribution in [0.15, 0.2) is 41.2 Å². The normalized spacial score (nSPS) is 20.4. The van der Waals surface area contributed by atoms with E-state index in [1.54, 1.807) is 10.5 Å². The van der Waals surface area contributed by atoms with Crippen molar-refractivity contribution in [3.63, 3.8) is 0 Å². The van der Waals surface area contributed by atoms with E-state index in [1.165, 1.54) is 11.1 Å². The Labute approximate surface area is 183 Å². The molecule has 0 radical (unpaired) electrons. The third kappa shape index (κ3) is 2.79. The topological polar surface area (TPSA) is 104 Å². The molecule has 0 unspecified atom stereocenters. The minimum Gasteiger partial charge on any atom is -0.392 e. The highest BCUT2D eigenvalue weighted by atomic mass is 16.3. The molecule has 8 nitrogen and oxygen atoms in total. The molecule has 1 saturated carbocycles. The van der Waals surface area contributed by atoms with Crippen LogP contribution in [0.25, 0.3) is 16.7 Å². The number of aliphatic hydroxyl groups excluding tert-OH is 1. The van der Waals surface area contributed by atoms with Gasteiger partial charge in [-0.1, -0.05) is 30.7 Å². The summed E-state index contributed by atoms with van der Waals surface area (Å²) in [5, 5.41) is 18.8. The molecule has 2 aromatic carbocycles. The Kier molecular flexibility index (Phi) is 4.19. The number of aryl methyl sites for hydroxylation is 1. The number of benzene rings is 2. The van der Waals surface area contributed by atoms with Gasteiger partial charge in [0.15, 0.2) is 0 Å². The number of rotatable bonds is 2. The zero-order valence-corrected chi connectivity index (χ0v) is 17.7. The van der Waals surface area contributed by atoms with E-state index in [0.717, 1.165) is 30.3 Å². The van der Waals surface area contributed by atoms with E-state index >= 15 is 0 Å². The maximum Gasteiger partial charge on any atom is 0.294 e. The number of carbonyl (C=O) groups excluding carboxylic acids is 1. The molecule has 0 bridgehead atoms. The lowest BCUT2D eigenvalue weighted by molar-refractivity contribution is 0.0751. The van der Waals surface area contributed by atoms with Gasteiger partial charge in [0.05, 0.1) is 17.1 Å². The fourth-order valence-corrected chi connectivity index (χ4v) is 5.20. The first-order valence-corrected chi connectivity index (χ1v) is 11.0. The third-order valence-corrected chi connectivity index (χ3v) is 6.89. The lowest BCUT2D eigenvalue weighted by atomic mass is 10.0. The first-order chi connectivity index (χ1) is 15.5. The van der Waals surface area contributed by atoms with Crippen molar-refractivity contribution in [2.75, 3.05) is 0 Å². The SMILES string of the molecule is Cc1cc2c(cc1C(=O)N1Cc3ccccc3C1)[nH]c(=O)c1nnc([C@H]3CCC[C@H]3O)n12. The number of aromatic nitrogens is 4. The highest BCUT2D eigenvalue weighted by molar-refractivity contribution is 5.99. The summed E-state index contributed by atoms with van der Waals surface area (Å²) in [7, 11) is 0. The number of nitrogens with one attached hydrogen (secondary N) is 1. The van der Waals surface area contributed by atoms with E-state index in [4.69, 9.17) is 0 Å². The average Bonchev–Trinajstić information content (AvgIpc) is 3.51. The number of H-pyrrole nitrogens is 1. The van der Waals surface area contributed by atoms with Crippen LogP contribution in [0.4, 0.5) is 0 Å². The Morgan fingerprint density at radius 1 is 1.12 bits per heavy atom. The molecule has 1 aliphatic carbocycles. The van der Waals surface area contributed by atoms with Crippen molar-refractivity contribution >= 4 is 22.6 Å². The highest BCUT2D eigenvalue weighted by Crippen LogP contribution is 2.34. The Morgan fingerprint density at radius 2 is 1.88 bits per heavy atom. The lowest BCUT2D eigenvalue weighted by Gasteiger charge is -2.18. The molecule has 1 amide bonds. The van der Waals surface area contributed by atoms with Crippen LogP contribution < -0.4 is 5.56 Å². The molecule has 4 aromatic rings. The summed E-state index contributed by atoms with van der Waals surface area (Å²) in [6, 6.07) is 11.7. The van der Waals surface area contributed by atoms with E-state index < -0.39 is 6.10 Å². The molecule has 2 aliphatic rings. The zero-order chi connectivity index (χ0) is 22.0. The predicted octanol–water partition coefficient (Wildman–Crippen LogP) is 2.66. The maximum absolute atomic E-state index is 13.4. The molecule has 162 valence electrons. The van der Waals surface area contributed by atoms with Gasteiger partial charge in [0.1, 0.15) is 5.82 Å². The molecule has 1 aliphatic heterocycles. The molecule has 2 N–H and O–H groups in total. The first kappa shape index (κ1) is 19.2. The van der Waals surface area contributed by atoms with Gasteiger partial charge in [0.25, 0.3) is 11.5 Å². The molecule has 32 heavy (non-hydrogen) atoms. The van der Waals surface area contributed by atoms with Crippen molar-refractivity contribution < 1.29 is 9.90 Å². The van der Waals surface area contributed by atoms with Crippen molar-refractivity contribution in [3.8, 4) is 0 Å². The molecule has 0 saturated heterocycles. The van der Waals surface area contributed by atoms with Gasteiger partial charge in [0.2, 0.25) is 5.65 Å². The van der Waals surface area contributed by atoms with E-state index in [1.807, 2.05) is 30.0 Å². The van der Waals surface area contributed by atoms with E-state index in [2.05, 4.69) is 27.3 Å². The zero-order valence-electron chi connectivity index (χ0n) is 17.7. The summed E-state index contributed by atoms with van der Waals surface area (Å²) >= 11 is 0. The molecule has 0 spiro atoms. The van der Waals surface area contributed by atoms with Crippen LogP contribution in [0.5, 0.6) is 0 Å². The number of amides is 1. The van der Waals surface area contributed by atoms with Crippen LogP contribution in [0.3, 0.4) is 0 Å². The number of aliphatic hydroxyl groups is 1. The predicted molar refractivity (Wildman–Crippen MR) is 118 cm³/mol.